The normalized spacial score (nSPS) is 22.2. The van der Waals surface area contributed by atoms with Gasteiger partial charge in [-0.2, -0.15) is 0 Å². The standard InChI is InChI=1S/C13H20N6O2/c1-2-14-12-11(19(20)21)13(16-8-15-12)17-9-5-6-18(7-9)10-3-4-10/h8-10H,2-7H2,1H3,(H2,14,15,16,17). The number of nitrogens with zero attached hydrogens (tertiary/aromatic N) is 4. The minimum Gasteiger partial charge on any atom is -0.364 e. The van der Waals surface area contributed by atoms with E-state index in [0.29, 0.717) is 12.4 Å². The van der Waals surface area contributed by atoms with E-state index in [4.69, 9.17) is 0 Å². The van der Waals surface area contributed by atoms with Gasteiger partial charge in [-0.3, -0.25) is 15.0 Å². The van der Waals surface area contributed by atoms with E-state index in [0.717, 1.165) is 25.6 Å². The van der Waals surface area contributed by atoms with E-state index in [2.05, 4.69) is 25.5 Å². The topological polar surface area (TPSA) is 96.2 Å². The number of nitro groups is 1. The van der Waals surface area contributed by atoms with Crippen LogP contribution in [-0.4, -0.2) is 51.5 Å². The second kappa shape index (κ2) is 5.80. The van der Waals surface area contributed by atoms with Gasteiger partial charge < -0.3 is 10.6 Å². The second-order valence-corrected chi connectivity index (χ2v) is 5.56. The van der Waals surface area contributed by atoms with Crippen LogP contribution >= 0.6 is 0 Å². The molecule has 1 aliphatic carbocycles. The van der Waals surface area contributed by atoms with Crippen molar-refractivity contribution in [2.45, 2.75) is 38.3 Å². The van der Waals surface area contributed by atoms with Gasteiger partial charge in [-0.05, 0) is 26.2 Å². The van der Waals surface area contributed by atoms with Crippen molar-refractivity contribution in [2.75, 3.05) is 30.3 Å². The van der Waals surface area contributed by atoms with Gasteiger partial charge in [0.2, 0.25) is 11.6 Å². The highest BCUT2D eigenvalue weighted by molar-refractivity contribution is 5.69. The Labute approximate surface area is 123 Å². The molecule has 1 saturated heterocycles. The minimum atomic E-state index is -0.423. The maximum Gasteiger partial charge on any atom is 0.353 e. The van der Waals surface area contributed by atoms with Gasteiger partial charge in [-0.25, -0.2) is 9.97 Å². The lowest BCUT2D eigenvalue weighted by atomic mass is 10.2. The van der Waals surface area contributed by atoms with Crippen LogP contribution in [-0.2, 0) is 0 Å². The summed E-state index contributed by atoms with van der Waals surface area (Å²) >= 11 is 0. The van der Waals surface area contributed by atoms with E-state index < -0.39 is 4.92 Å². The molecule has 2 N–H and O–H groups in total. The Balaban J connectivity index is 1.75. The molecule has 8 heteroatoms. The SMILES string of the molecule is CCNc1ncnc(NC2CCN(C3CC3)C2)c1[N+](=O)[O-]. The van der Waals surface area contributed by atoms with Crippen LogP contribution in [0.25, 0.3) is 0 Å². The molecule has 1 aromatic rings. The smallest absolute Gasteiger partial charge is 0.353 e. The van der Waals surface area contributed by atoms with Crippen LogP contribution in [0, 0.1) is 10.1 Å². The summed E-state index contributed by atoms with van der Waals surface area (Å²) in [6.45, 7) is 4.45. The first kappa shape index (κ1) is 14.0. The van der Waals surface area contributed by atoms with Gasteiger partial charge in [0.25, 0.3) is 0 Å². The Morgan fingerprint density at radius 1 is 1.38 bits per heavy atom. The lowest BCUT2D eigenvalue weighted by Gasteiger charge is -2.16. The van der Waals surface area contributed by atoms with Gasteiger partial charge in [0.15, 0.2) is 0 Å². The molecule has 0 spiro atoms. The molecule has 3 rings (SSSR count). The van der Waals surface area contributed by atoms with Gasteiger partial charge in [-0.15, -0.1) is 0 Å². The maximum atomic E-state index is 11.3. The summed E-state index contributed by atoms with van der Waals surface area (Å²) in [5.41, 5.74) is -0.0655. The quantitative estimate of drug-likeness (QED) is 0.605. The van der Waals surface area contributed by atoms with Crippen molar-refractivity contribution in [2.24, 2.45) is 0 Å². The zero-order chi connectivity index (χ0) is 14.8. The fourth-order valence-corrected chi connectivity index (χ4v) is 2.82. The fourth-order valence-electron chi connectivity index (χ4n) is 2.82. The van der Waals surface area contributed by atoms with Crippen LogP contribution in [0.5, 0.6) is 0 Å². The molecule has 1 saturated carbocycles. The number of likely N-dealkylation sites (tertiary alicyclic amines) is 1. The predicted molar refractivity (Wildman–Crippen MR) is 79.5 cm³/mol. The Morgan fingerprint density at radius 2 is 2.14 bits per heavy atom. The third-order valence-electron chi connectivity index (χ3n) is 3.97. The van der Waals surface area contributed by atoms with E-state index in [-0.39, 0.29) is 17.5 Å². The lowest BCUT2D eigenvalue weighted by Crippen LogP contribution is -2.28. The van der Waals surface area contributed by atoms with Crippen LogP contribution in [0.4, 0.5) is 17.3 Å². The molecular formula is C13H20N6O2. The number of anilines is 2. The summed E-state index contributed by atoms with van der Waals surface area (Å²) < 4.78 is 0. The molecule has 2 heterocycles. The number of rotatable bonds is 6. The molecule has 1 aromatic heterocycles. The summed E-state index contributed by atoms with van der Waals surface area (Å²) in [5, 5.41) is 17.5. The summed E-state index contributed by atoms with van der Waals surface area (Å²) in [7, 11) is 0. The minimum absolute atomic E-state index is 0.0655. The lowest BCUT2D eigenvalue weighted by molar-refractivity contribution is -0.383. The van der Waals surface area contributed by atoms with E-state index in [1.165, 1.54) is 19.2 Å². The van der Waals surface area contributed by atoms with Crippen molar-refractivity contribution in [1.82, 2.24) is 14.9 Å². The zero-order valence-electron chi connectivity index (χ0n) is 12.1. The fraction of sp³-hybridized carbons (Fsp3) is 0.692. The van der Waals surface area contributed by atoms with Crippen LogP contribution in [0.1, 0.15) is 26.2 Å². The number of hydrogen-bond acceptors (Lipinski definition) is 7. The van der Waals surface area contributed by atoms with Gasteiger partial charge in [0.05, 0.1) is 4.92 Å². The molecule has 2 aliphatic rings. The highest BCUT2D eigenvalue weighted by Crippen LogP contribution is 2.33. The van der Waals surface area contributed by atoms with Gasteiger partial charge >= 0.3 is 5.69 Å². The van der Waals surface area contributed by atoms with Crippen LogP contribution in [0.3, 0.4) is 0 Å². The molecule has 0 aromatic carbocycles. The zero-order valence-corrected chi connectivity index (χ0v) is 12.1. The highest BCUT2D eigenvalue weighted by atomic mass is 16.6. The summed E-state index contributed by atoms with van der Waals surface area (Å²) in [6, 6.07) is 0.947. The molecule has 2 fully saturated rings. The van der Waals surface area contributed by atoms with Gasteiger partial charge in [-0.1, -0.05) is 0 Å². The molecule has 1 aliphatic heterocycles. The first-order valence-electron chi connectivity index (χ1n) is 7.43. The Morgan fingerprint density at radius 3 is 2.81 bits per heavy atom. The van der Waals surface area contributed by atoms with Crippen molar-refractivity contribution < 1.29 is 4.92 Å². The van der Waals surface area contributed by atoms with Gasteiger partial charge in [0, 0.05) is 31.7 Å². The Bertz CT molecular complexity index is 533. The summed E-state index contributed by atoms with van der Waals surface area (Å²) in [6.07, 6.45) is 4.92. The van der Waals surface area contributed by atoms with Crippen molar-refractivity contribution in [1.29, 1.82) is 0 Å². The van der Waals surface area contributed by atoms with E-state index in [1.807, 2.05) is 6.92 Å². The largest absolute Gasteiger partial charge is 0.364 e. The molecule has 114 valence electrons. The Hall–Kier alpha value is -1.96. The van der Waals surface area contributed by atoms with E-state index >= 15 is 0 Å². The van der Waals surface area contributed by atoms with Crippen LogP contribution in [0.2, 0.25) is 0 Å². The maximum absolute atomic E-state index is 11.3. The summed E-state index contributed by atoms with van der Waals surface area (Å²) in [5.74, 6) is 0.589. The molecule has 21 heavy (non-hydrogen) atoms. The van der Waals surface area contributed by atoms with Crippen LogP contribution < -0.4 is 10.6 Å². The van der Waals surface area contributed by atoms with Crippen molar-refractivity contribution in [3.05, 3.63) is 16.4 Å². The van der Waals surface area contributed by atoms with E-state index in [1.54, 1.807) is 0 Å². The first-order valence-corrected chi connectivity index (χ1v) is 7.43. The van der Waals surface area contributed by atoms with E-state index in [9.17, 15) is 10.1 Å². The molecule has 0 radical (unpaired) electrons. The van der Waals surface area contributed by atoms with Crippen molar-refractivity contribution >= 4 is 17.3 Å². The molecular weight excluding hydrogens is 272 g/mol. The molecule has 0 bridgehead atoms. The monoisotopic (exact) mass is 292 g/mol. The molecule has 1 atom stereocenters. The molecule has 1 unspecified atom stereocenters. The predicted octanol–water partition coefficient (Wildman–Crippen LogP) is 1.47. The highest BCUT2D eigenvalue weighted by Gasteiger charge is 2.35. The Kier molecular flexibility index (Phi) is 3.87. The molecule has 0 amide bonds. The first-order chi connectivity index (χ1) is 10.2. The average molecular weight is 292 g/mol. The number of hydrogen-bond donors (Lipinski definition) is 2. The van der Waals surface area contributed by atoms with Crippen LogP contribution in [0.15, 0.2) is 6.33 Å². The molecule has 8 nitrogen and oxygen atoms in total. The second-order valence-electron chi connectivity index (χ2n) is 5.56. The average Bonchev–Trinajstić information content (AvgIpc) is 3.20. The van der Waals surface area contributed by atoms with Crippen molar-refractivity contribution in [3.8, 4) is 0 Å². The summed E-state index contributed by atoms with van der Waals surface area (Å²) in [4.78, 5) is 21.4. The van der Waals surface area contributed by atoms with Gasteiger partial charge in [0.1, 0.15) is 6.33 Å². The third-order valence-corrected chi connectivity index (χ3v) is 3.97. The van der Waals surface area contributed by atoms with Crippen molar-refractivity contribution in [3.63, 3.8) is 0 Å². The third kappa shape index (κ3) is 3.05. The number of aromatic nitrogens is 2. The number of nitrogens with one attached hydrogen (secondary N) is 2.